The quantitative estimate of drug-likeness (QED) is 0.161. The Bertz CT molecular complexity index is 3280. The Balaban J connectivity index is 0.951. The highest BCUT2D eigenvalue weighted by atomic mass is 16.5. The summed E-state index contributed by atoms with van der Waals surface area (Å²) in [5, 5.41) is 4.47. The third-order valence-corrected chi connectivity index (χ3v) is 11.7. The smallest absolute Gasteiger partial charge is 0.137 e. The number of ether oxygens (including phenoxy) is 2. The Labute approximate surface area is 347 Å². The van der Waals surface area contributed by atoms with Crippen LogP contribution in [0.15, 0.2) is 212 Å². The zero-order valence-corrected chi connectivity index (χ0v) is 32.4. The predicted octanol–water partition coefficient (Wildman–Crippen LogP) is 15.5. The van der Waals surface area contributed by atoms with Gasteiger partial charge >= 0.3 is 0 Å². The number of hydrogen-bond donors (Lipinski definition) is 0. The Morgan fingerprint density at radius 2 is 0.883 bits per heavy atom. The van der Waals surface area contributed by atoms with E-state index in [2.05, 4.69) is 198 Å². The van der Waals surface area contributed by atoms with Crippen LogP contribution in [0.25, 0.3) is 54.9 Å². The van der Waals surface area contributed by atoms with Crippen molar-refractivity contribution in [2.24, 2.45) is 0 Å². The molecule has 0 saturated carbocycles. The van der Waals surface area contributed by atoms with Gasteiger partial charge < -0.3 is 14.4 Å². The number of para-hydroxylation sites is 2. The highest BCUT2D eigenvalue weighted by molar-refractivity contribution is 6.14. The maximum absolute atomic E-state index is 6.88. The number of benzene rings is 9. The third-order valence-electron chi connectivity index (χ3n) is 11.7. The van der Waals surface area contributed by atoms with Gasteiger partial charge in [-0.25, -0.2) is 4.98 Å². The van der Waals surface area contributed by atoms with Gasteiger partial charge in [0.2, 0.25) is 0 Å². The summed E-state index contributed by atoms with van der Waals surface area (Å²) in [5.74, 6) is 4.05. The maximum Gasteiger partial charge on any atom is 0.137 e. The minimum atomic E-state index is 0.795. The van der Waals surface area contributed by atoms with E-state index < -0.39 is 0 Å². The number of pyridine rings is 1. The minimum absolute atomic E-state index is 0.795. The molecular weight excluding hydrogens is 735 g/mol. The minimum Gasteiger partial charge on any atom is -0.456 e. The average molecular weight is 770 g/mol. The van der Waals surface area contributed by atoms with Crippen LogP contribution in [0.5, 0.6) is 23.0 Å². The Morgan fingerprint density at radius 1 is 0.333 bits per heavy atom. The van der Waals surface area contributed by atoms with Crippen LogP contribution < -0.4 is 19.3 Å². The molecule has 0 saturated heterocycles. The van der Waals surface area contributed by atoms with E-state index in [0.717, 1.165) is 101 Å². The van der Waals surface area contributed by atoms with E-state index in [1.807, 2.05) is 24.4 Å². The number of anilines is 6. The summed E-state index contributed by atoms with van der Waals surface area (Å²) >= 11 is 0. The molecule has 1 aromatic heterocycles. The summed E-state index contributed by atoms with van der Waals surface area (Å²) in [6.45, 7) is 0. The Morgan fingerprint density at radius 3 is 1.57 bits per heavy atom. The molecule has 0 radical (unpaired) electrons. The molecule has 0 fully saturated rings. The lowest BCUT2D eigenvalue weighted by molar-refractivity contribution is 0.480. The van der Waals surface area contributed by atoms with Gasteiger partial charge in [0.05, 0.1) is 11.4 Å². The van der Waals surface area contributed by atoms with Crippen LogP contribution in [-0.4, -0.2) is 4.98 Å². The second-order valence-corrected chi connectivity index (χ2v) is 15.1. The fraction of sp³-hybridized carbons (Fsp3) is 0. The van der Waals surface area contributed by atoms with E-state index in [0.29, 0.717) is 0 Å². The van der Waals surface area contributed by atoms with Gasteiger partial charge in [-0.15, -0.1) is 0 Å². The lowest BCUT2D eigenvalue weighted by Crippen LogP contribution is -2.12. The van der Waals surface area contributed by atoms with Crippen molar-refractivity contribution in [1.29, 1.82) is 0 Å². The standard InChI is InChI=1S/C55H35N3O2/c1-3-14-37(15-4-1)43-19-9-10-20-48(43)57(39-17-5-2-6-18-39)41-24-26-44-46-28-31-50-55-47(29-30-49(54(46)55)59-51(44)34-41)45-27-25-42(35-52(45)60-50)58(53-21-11-12-32-56-53)40-23-22-36-13-7-8-16-38(36)33-40/h1-35H. The van der Waals surface area contributed by atoms with Crippen LogP contribution in [0.3, 0.4) is 0 Å². The number of rotatable bonds is 7. The fourth-order valence-corrected chi connectivity index (χ4v) is 8.95. The second-order valence-electron chi connectivity index (χ2n) is 15.1. The molecule has 0 amide bonds. The first-order chi connectivity index (χ1) is 29.7. The van der Waals surface area contributed by atoms with Gasteiger partial charge in [-0.3, -0.25) is 4.90 Å². The van der Waals surface area contributed by atoms with Gasteiger partial charge in [0.25, 0.3) is 0 Å². The largest absolute Gasteiger partial charge is 0.456 e. The molecule has 2 aliphatic heterocycles. The zero-order valence-electron chi connectivity index (χ0n) is 32.4. The monoisotopic (exact) mass is 769 g/mol. The van der Waals surface area contributed by atoms with Crippen LogP contribution in [-0.2, 0) is 0 Å². The number of fused-ring (bicyclic) bond motifs is 5. The molecule has 60 heavy (non-hydrogen) atoms. The van der Waals surface area contributed by atoms with Crippen molar-refractivity contribution in [2.45, 2.75) is 0 Å². The fourth-order valence-electron chi connectivity index (χ4n) is 8.95. The average Bonchev–Trinajstić information content (AvgIpc) is 3.31. The van der Waals surface area contributed by atoms with Gasteiger partial charge in [0, 0.05) is 62.9 Å². The van der Waals surface area contributed by atoms with Crippen LogP contribution in [0.4, 0.5) is 34.3 Å². The summed E-state index contributed by atoms with van der Waals surface area (Å²) in [5.41, 5.74) is 11.8. The summed E-state index contributed by atoms with van der Waals surface area (Å²) in [6, 6.07) is 72.2. The van der Waals surface area contributed by atoms with Crippen molar-refractivity contribution in [3.05, 3.63) is 212 Å². The normalized spacial score (nSPS) is 11.9. The molecule has 0 spiro atoms. The molecule has 0 N–H and O–H groups in total. The van der Waals surface area contributed by atoms with E-state index in [-0.39, 0.29) is 0 Å². The van der Waals surface area contributed by atoms with Crippen molar-refractivity contribution in [3.63, 3.8) is 0 Å². The van der Waals surface area contributed by atoms with Gasteiger partial charge in [0.1, 0.15) is 28.8 Å². The molecule has 0 atom stereocenters. The number of hydrogen-bond acceptors (Lipinski definition) is 5. The van der Waals surface area contributed by atoms with Crippen molar-refractivity contribution in [2.75, 3.05) is 9.80 Å². The number of nitrogens with zero attached hydrogens (tertiary/aromatic N) is 3. The molecule has 5 heteroatoms. The van der Waals surface area contributed by atoms with E-state index in [9.17, 15) is 0 Å². The van der Waals surface area contributed by atoms with Crippen molar-refractivity contribution >= 4 is 55.8 Å². The van der Waals surface area contributed by atoms with E-state index >= 15 is 0 Å². The molecule has 12 rings (SSSR count). The summed E-state index contributed by atoms with van der Waals surface area (Å²) < 4.78 is 13.7. The maximum atomic E-state index is 6.88. The summed E-state index contributed by atoms with van der Waals surface area (Å²) in [4.78, 5) is 9.28. The lowest BCUT2D eigenvalue weighted by Gasteiger charge is -2.31. The lowest BCUT2D eigenvalue weighted by atomic mass is 9.88. The molecule has 9 aromatic carbocycles. The third kappa shape index (κ3) is 5.52. The predicted molar refractivity (Wildman–Crippen MR) is 245 cm³/mol. The molecule has 10 aromatic rings. The van der Waals surface area contributed by atoms with Crippen LogP contribution >= 0.6 is 0 Å². The van der Waals surface area contributed by atoms with E-state index in [4.69, 9.17) is 14.5 Å². The van der Waals surface area contributed by atoms with Crippen LogP contribution in [0, 0.1) is 0 Å². The first kappa shape index (κ1) is 33.9. The number of aromatic nitrogens is 1. The highest BCUT2D eigenvalue weighted by Gasteiger charge is 2.30. The first-order valence-corrected chi connectivity index (χ1v) is 20.2. The second kappa shape index (κ2) is 13.8. The molecule has 0 aliphatic carbocycles. The van der Waals surface area contributed by atoms with E-state index in [1.54, 1.807) is 0 Å². The summed E-state index contributed by atoms with van der Waals surface area (Å²) in [7, 11) is 0. The van der Waals surface area contributed by atoms with Gasteiger partial charge in [-0.05, 0) is 118 Å². The van der Waals surface area contributed by atoms with Crippen LogP contribution in [0.1, 0.15) is 0 Å². The molecule has 282 valence electrons. The summed E-state index contributed by atoms with van der Waals surface area (Å²) in [6.07, 6.45) is 1.83. The van der Waals surface area contributed by atoms with Gasteiger partial charge in [-0.2, -0.15) is 0 Å². The highest BCUT2D eigenvalue weighted by Crippen LogP contribution is 2.56. The zero-order chi connectivity index (χ0) is 39.6. The first-order valence-electron chi connectivity index (χ1n) is 20.2. The molecule has 5 nitrogen and oxygen atoms in total. The van der Waals surface area contributed by atoms with Crippen molar-refractivity contribution in [3.8, 4) is 56.4 Å². The SMILES string of the molecule is c1ccc(-c2ccccc2N(c2ccccc2)c2ccc3c(c2)Oc2ccc4c5c(ccc-3c25)Oc2cc(N(c3ccc5ccccc5c3)c3ccccn3)ccc2-4)cc1. The molecular formula is C55H35N3O2. The molecule has 2 aliphatic rings. The van der Waals surface area contributed by atoms with Gasteiger partial charge in [0.15, 0.2) is 0 Å². The van der Waals surface area contributed by atoms with Crippen molar-refractivity contribution in [1.82, 2.24) is 4.98 Å². The molecule has 0 bridgehead atoms. The molecule has 3 heterocycles. The van der Waals surface area contributed by atoms with E-state index in [1.165, 1.54) is 10.8 Å². The van der Waals surface area contributed by atoms with Gasteiger partial charge in [-0.1, -0.05) is 103 Å². The van der Waals surface area contributed by atoms with Crippen LogP contribution in [0.2, 0.25) is 0 Å². The molecule has 0 unspecified atom stereocenters. The topological polar surface area (TPSA) is 37.8 Å². The Hall–Kier alpha value is -8.15. The Kier molecular flexibility index (Phi) is 7.78. The van der Waals surface area contributed by atoms with Crippen molar-refractivity contribution < 1.29 is 9.47 Å².